The molecule has 0 spiro atoms. The molecule has 0 amide bonds. The van der Waals surface area contributed by atoms with Crippen molar-refractivity contribution in [1.82, 2.24) is 0 Å². The second-order valence-electron chi connectivity index (χ2n) is 9.68. The molecule has 1 aliphatic rings. The molecule has 0 bridgehead atoms. The van der Waals surface area contributed by atoms with Crippen LogP contribution < -0.4 is 0 Å². The third-order valence-corrected chi connectivity index (χ3v) is 7.71. The largest absolute Gasteiger partial charge is 0.0654 e. The van der Waals surface area contributed by atoms with E-state index in [0.29, 0.717) is 0 Å². The fourth-order valence-electron chi connectivity index (χ4n) is 5.85. The SMILES string of the molecule is [C]#Cc1ccc2c(c1)C(CC(CC)CCCC)(CC(CC)CCCC)c1c[c]ccc1-2. The molecule has 0 fully saturated rings. The average Bonchev–Trinajstić information content (AvgIpc) is 3.08. The maximum atomic E-state index is 7.78. The first kappa shape index (κ1) is 23.7. The molecule has 2 radical (unpaired) electrons. The summed E-state index contributed by atoms with van der Waals surface area (Å²) in [7, 11) is 0. The minimum Gasteiger partial charge on any atom is -0.0654 e. The lowest BCUT2D eigenvalue weighted by molar-refractivity contribution is 0.266. The normalized spacial score (nSPS) is 18.8. The minimum atomic E-state index is 0.0398. The molecule has 2 aromatic carbocycles. The first-order chi connectivity index (χ1) is 15.1. The van der Waals surface area contributed by atoms with Gasteiger partial charge in [0.25, 0.3) is 0 Å². The summed E-state index contributed by atoms with van der Waals surface area (Å²) in [5.74, 6) is 4.13. The fraction of sp³-hybridized carbons (Fsp3) is 0.548. The van der Waals surface area contributed by atoms with Crippen LogP contribution in [0.1, 0.15) is 109 Å². The van der Waals surface area contributed by atoms with Crippen LogP contribution in [0.5, 0.6) is 0 Å². The molecule has 2 unspecified atom stereocenters. The van der Waals surface area contributed by atoms with E-state index in [0.717, 1.165) is 17.4 Å². The maximum Gasteiger partial charge on any atom is 0.0259 e. The predicted molar refractivity (Wildman–Crippen MR) is 134 cm³/mol. The zero-order chi connectivity index (χ0) is 22.3. The number of benzene rings is 2. The van der Waals surface area contributed by atoms with Gasteiger partial charge in [-0.05, 0) is 77.6 Å². The Morgan fingerprint density at radius 3 is 2.03 bits per heavy atom. The smallest absolute Gasteiger partial charge is 0.0259 e. The number of hydrogen-bond acceptors (Lipinski definition) is 0. The van der Waals surface area contributed by atoms with Crippen LogP contribution in [0, 0.1) is 30.2 Å². The molecule has 31 heavy (non-hydrogen) atoms. The highest BCUT2D eigenvalue weighted by Crippen LogP contribution is 2.56. The van der Waals surface area contributed by atoms with E-state index in [-0.39, 0.29) is 5.41 Å². The predicted octanol–water partition coefficient (Wildman–Crippen LogP) is 8.90. The summed E-state index contributed by atoms with van der Waals surface area (Å²) in [6, 6.07) is 16.6. The van der Waals surface area contributed by atoms with Gasteiger partial charge >= 0.3 is 0 Å². The highest BCUT2D eigenvalue weighted by molar-refractivity contribution is 5.81. The maximum absolute atomic E-state index is 7.78. The number of fused-ring (bicyclic) bond motifs is 3. The summed E-state index contributed by atoms with van der Waals surface area (Å²) in [6.45, 7) is 9.36. The second kappa shape index (κ2) is 11.0. The molecule has 0 saturated carbocycles. The van der Waals surface area contributed by atoms with E-state index in [9.17, 15) is 0 Å². The molecule has 0 heteroatoms. The lowest BCUT2D eigenvalue weighted by Gasteiger charge is -2.38. The highest BCUT2D eigenvalue weighted by atomic mass is 14.5. The molecule has 0 heterocycles. The third-order valence-electron chi connectivity index (χ3n) is 7.71. The Hall–Kier alpha value is -2.00. The van der Waals surface area contributed by atoms with Crippen LogP contribution in [0.2, 0.25) is 0 Å². The van der Waals surface area contributed by atoms with Gasteiger partial charge in [0, 0.05) is 11.0 Å². The van der Waals surface area contributed by atoms with E-state index in [1.54, 1.807) is 0 Å². The van der Waals surface area contributed by atoms with Crippen molar-refractivity contribution in [3.8, 4) is 17.0 Å². The van der Waals surface area contributed by atoms with E-state index >= 15 is 0 Å². The van der Waals surface area contributed by atoms with Crippen LogP contribution >= 0.6 is 0 Å². The summed E-state index contributed by atoms with van der Waals surface area (Å²) in [6.07, 6.45) is 20.5. The fourth-order valence-corrected chi connectivity index (χ4v) is 5.85. The van der Waals surface area contributed by atoms with Gasteiger partial charge in [0.15, 0.2) is 0 Å². The lowest BCUT2D eigenvalue weighted by atomic mass is 9.65. The van der Waals surface area contributed by atoms with Crippen LogP contribution in [0.4, 0.5) is 0 Å². The van der Waals surface area contributed by atoms with E-state index in [1.807, 2.05) is 0 Å². The Labute approximate surface area is 191 Å². The molecule has 2 aromatic rings. The van der Waals surface area contributed by atoms with Crippen LogP contribution in [0.15, 0.2) is 36.4 Å². The lowest BCUT2D eigenvalue weighted by Crippen LogP contribution is -2.31. The van der Waals surface area contributed by atoms with Crippen molar-refractivity contribution in [3.05, 3.63) is 65.6 Å². The molecule has 2 atom stereocenters. The summed E-state index contributed by atoms with van der Waals surface area (Å²) in [4.78, 5) is 0. The molecule has 0 aromatic heterocycles. The quantitative estimate of drug-likeness (QED) is 0.305. The molecule has 1 aliphatic carbocycles. The Morgan fingerprint density at radius 2 is 1.48 bits per heavy atom. The van der Waals surface area contributed by atoms with E-state index in [1.165, 1.54) is 86.5 Å². The number of unbranched alkanes of at least 4 members (excludes halogenated alkanes) is 2. The molecule has 0 N–H and O–H groups in total. The number of rotatable bonds is 12. The zero-order valence-electron chi connectivity index (χ0n) is 20.2. The van der Waals surface area contributed by atoms with Crippen molar-refractivity contribution in [2.75, 3.05) is 0 Å². The van der Waals surface area contributed by atoms with Gasteiger partial charge in [0.2, 0.25) is 0 Å². The molecular formula is C31H40. The molecule has 0 saturated heterocycles. The Bertz CT molecular complexity index is 863. The van der Waals surface area contributed by atoms with Crippen molar-refractivity contribution in [2.45, 2.75) is 97.3 Å². The molecule has 0 nitrogen and oxygen atoms in total. The molecular weight excluding hydrogens is 372 g/mol. The molecule has 164 valence electrons. The van der Waals surface area contributed by atoms with Crippen LogP contribution in [0.25, 0.3) is 11.1 Å². The second-order valence-corrected chi connectivity index (χ2v) is 9.68. The Morgan fingerprint density at radius 1 is 0.871 bits per heavy atom. The van der Waals surface area contributed by atoms with Gasteiger partial charge in [-0.2, -0.15) is 0 Å². The summed E-state index contributed by atoms with van der Waals surface area (Å²) >= 11 is 0. The van der Waals surface area contributed by atoms with Gasteiger partial charge in [-0.1, -0.05) is 103 Å². The van der Waals surface area contributed by atoms with Crippen molar-refractivity contribution < 1.29 is 0 Å². The number of hydrogen-bond donors (Lipinski definition) is 0. The first-order valence-corrected chi connectivity index (χ1v) is 12.7. The Kier molecular flexibility index (Phi) is 8.43. The monoisotopic (exact) mass is 412 g/mol. The van der Waals surface area contributed by atoms with E-state index < -0.39 is 0 Å². The Balaban J connectivity index is 2.15. The standard InChI is InChI=1S/C31H40/c1-6-11-15-25(9-4)22-31(23-26(10-5)16-12-7-2)29-18-14-13-17-27(29)28-20-19-24(8-3)21-30(28)31/h13,17-21,25-26H,6-7,9-12,15-16,22-23H2,1-2,4-5H3. The zero-order valence-corrected chi connectivity index (χ0v) is 20.2. The molecule has 0 aliphatic heterocycles. The van der Waals surface area contributed by atoms with Gasteiger partial charge in [-0.3, -0.25) is 0 Å². The average molecular weight is 413 g/mol. The van der Waals surface area contributed by atoms with Crippen LogP contribution in [-0.4, -0.2) is 0 Å². The minimum absolute atomic E-state index is 0.0398. The van der Waals surface area contributed by atoms with Gasteiger partial charge in [-0.25, -0.2) is 0 Å². The van der Waals surface area contributed by atoms with E-state index in [2.05, 4.69) is 76.1 Å². The summed E-state index contributed by atoms with van der Waals surface area (Å²) < 4.78 is 0. The van der Waals surface area contributed by atoms with Gasteiger partial charge in [0.05, 0.1) is 0 Å². The van der Waals surface area contributed by atoms with Crippen molar-refractivity contribution >= 4 is 0 Å². The highest BCUT2D eigenvalue weighted by Gasteiger charge is 2.45. The van der Waals surface area contributed by atoms with Crippen LogP contribution in [0.3, 0.4) is 0 Å². The van der Waals surface area contributed by atoms with Gasteiger partial charge < -0.3 is 0 Å². The van der Waals surface area contributed by atoms with E-state index in [4.69, 9.17) is 6.42 Å². The van der Waals surface area contributed by atoms with Gasteiger partial charge in [-0.15, -0.1) is 0 Å². The van der Waals surface area contributed by atoms with Gasteiger partial charge in [0.1, 0.15) is 0 Å². The van der Waals surface area contributed by atoms with Crippen LogP contribution in [-0.2, 0) is 5.41 Å². The topological polar surface area (TPSA) is 0 Å². The summed E-state index contributed by atoms with van der Waals surface area (Å²) in [5, 5.41) is 0. The van der Waals surface area contributed by atoms with Crippen molar-refractivity contribution in [1.29, 1.82) is 0 Å². The van der Waals surface area contributed by atoms with Crippen molar-refractivity contribution in [3.63, 3.8) is 0 Å². The first-order valence-electron chi connectivity index (χ1n) is 12.7. The van der Waals surface area contributed by atoms with Crippen molar-refractivity contribution in [2.24, 2.45) is 11.8 Å². The summed E-state index contributed by atoms with van der Waals surface area (Å²) in [5.41, 5.74) is 6.64. The molecule has 3 rings (SSSR count). The third kappa shape index (κ3) is 4.92.